The second-order valence-electron chi connectivity index (χ2n) is 8.16. The van der Waals surface area contributed by atoms with Crippen LogP contribution in [0.1, 0.15) is 45.7 Å². The quantitative estimate of drug-likeness (QED) is 0.497. The third-order valence-electron chi connectivity index (χ3n) is 5.81. The number of carbonyl (C=O) groups is 3. The number of benzene rings is 2. The van der Waals surface area contributed by atoms with Gasteiger partial charge in [-0.3, -0.25) is 4.79 Å². The largest absolute Gasteiger partial charge is 0.480 e. The summed E-state index contributed by atoms with van der Waals surface area (Å²) in [6.45, 7) is 0.338. The fourth-order valence-corrected chi connectivity index (χ4v) is 3.99. The van der Waals surface area contributed by atoms with Crippen LogP contribution in [0.25, 0.3) is 11.0 Å². The molecule has 2 heterocycles. The molecule has 1 unspecified atom stereocenters. The molecule has 9 nitrogen and oxygen atoms in total. The maximum atomic E-state index is 13.1. The Morgan fingerprint density at radius 2 is 1.78 bits per heavy atom. The lowest BCUT2D eigenvalue weighted by atomic mass is 10.0. The van der Waals surface area contributed by atoms with Crippen molar-refractivity contribution in [3.05, 3.63) is 59.3 Å². The zero-order valence-electron chi connectivity index (χ0n) is 19.0. The van der Waals surface area contributed by atoms with E-state index in [1.54, 1.807) is 0 Å². The van der Waals surface area contributed by atoms with Gasteiger partial charge in [-0.2, -0.15) is 13.2 Å². The molecule has 1 saturated heterocycles. The molecule has 4 rings (SSSR count). The fraction of sp³-hybridized carbons (Fsp3) is 0.292. The van der Waals surface area contributed by atoms with Crippen LogP contribution in [0.5, 0.6) is 0 Å². The van der Waals surface area contributed by atoms with Gasteiger partial charge in [0, 0.05) is 17.8 Å². The molecular formula is C24H21F3N4O5. The lowest BCUT2D eigenvalue weighted by Crippen LogP contribution is -2.47. The summed E-state index contributed by atoms with van der Waals surface area (Å²) in [7, 11) is 1.14. The van der Waals surface area contributed by atoms with Crippen molar-refractivity contribution in [1.82, 2.24) is 14.9 Å². The van der Waals surface area contributed by atoms with Crippen LogP contribution < -0.4 is 5.32 Å². The number of esters is 1. The second kappa shape index (κ2) is 9.80. The van der Waals surface area contributed by atoms with Crippen LogP contribution in [-0.4, -0.2) is 57.5 Å². The molecule has 0 aliphatic carbocycles. The molecule has 36 heavy (non-hydrogen) atoms. The molecule has 1 amide bonds. The maximum absolute atomic E-state index is 13.1. The average Bonchev–Trinajstić information content (AvgIpc) is 2.87. The predicted molar refractivity (Wildman–Crippen MR) is 122 cm³/mol. The Bertz CT molecular complexity index is 1330. The number of likely N-dealkylation sites (tertiary alicyclic amines) is 1. The van der Waals surface area contributed by atoms with Gasteiger partial charge in [0.05, 0.1) is 23.7 Å². The monoisotopic (exact) mass is 502 g/mol. The number of carbonyl (C=O) groups excluding carboxylic acids is 2. The lowest BCUT2D eigenvalue weighted by Gasteiger charge is -2.33. The minimum Gasteiger partial charge on any atom is -0.480 e. The first-order chi connectivity index (χ1) is 17.1. The highest BCUT2D eigenvalue weighted by atomic mass is 19.4. The third-order valence-corrected chi connectivity index (χ3v) is 5.81. The van der Waals surface area contributed by atoms with E-state index in [4.69, 9.17) is 4.74 Å². The highest BCUT2D eigenvalue weighted by molar-refractivity contribution is 5.98. The maximum Gasteiger partial charge on any atom is 0.416 e. The Balaban J connectivity index is 1.63. The highest BCUT2D eigenvalue weighted by Crippen LogP contribution is 2.32. The molecule has 0 saturated carbocycles. The number of piperidine rings is 1. The molecular weight excluding hydrogens is 481 g/mol. The van der Waals surface area contributed by atoms with Gasteiger partial charge in [-0.1, -0.05) is 0 Å². The van der Waals surface area contributed by atoms with Crippen molar-refractivity contribution < 1.29 is 37.4 Å². The number of halogens is 3. The first-order valence-corrected chi connectivity index (χ1v) is 11.0. The van der Waals surface area contributed by atoms with E-state index in [9.17, 15) is 32.7 Å². The summed E-state index contributed by atoms with van der Waals surface area (Å²) in [5, 5.41) is 12.3. The zero-order valence-corrected chi connectivity index (χ0v) is 19.0. The summed E-state index contributed by atoms with van der Waals surface area (Å²) in [6, 6.07) is 7.87. The third kappa shape index (κ3) is 5.07. The molecule has 0 spiro atoms. The molecule has 0 bridgehead atoms. The van der Waals surface area contributed by atoms with Crippen molar-refractivity contribution >= 4 is 40.4 Å². The molecule has 3 aromatic rings. The summed E-state index contributed by atoms with van der Waals surface area (Å²) < 4.78 is 44.1. The zero-order chi connectivity index (χ0) is 26.0. The first kappa shape index (κ1) is 24.9. The number of rotatable bonds is 5. The summed E-state index contributed by atoms with van der Waals surface area (Å²) in [6.07, 6.45) is -2.76. The molecule has 2 N–H and O–H groups in total. The number of anilines is 2. The molecule has 1 aromatic heterocycles. The number of nitrogens with zero attached hydrogens (tertiary/aromatic N) is 3. The van der Waals surface area contributed by atoms with Crippen LogP contribution in [0.3, 0.4) is 0 Å². The number of nitrogens with one attached hydrogen (secondary N) is 1. The van der Waals surface area contributed by atoms with E-state index in [0.717, 1.165) is 31.7 Å². The number of aromatic nitrogens is 2. The minimum atomic E-state index is -4.58. The molecule has 0 radical (unpaired) electrons. The van der Waals surface area contributed by atoms with Crippen molar-refractivity contribution in [2.75, 3.05) is 19.0 Å². The fourth-order valence-electron chi connectivity index (χ4n) is 3.99. The van der Waals surface area contributed by atoms with Gasteiger partial charge in [-0.15, -0.1) is 0 Å². The van der Waals surface area contributed by atoms with E-state index in [2.05, 4.69) is 15.3 Å². The number of ether oxygens (including phenoxy) is 1. The van der Waals surface area contributed by atoms with Crippen molar-refractivity contribution in [1.29, 1.82) is 0 Å². The minimum absolute atomic E-state index is 0.0735. The van der Waals surface area contributed by atoms with Gasteiger partial charge in [-0.05, 0) is 61.7 Å². The summed E-state index contributed by atoms with van der Waals surface area (Å²) in [5.74, 6) is -2.45. The first-order valence-electron chi connectivity index (χ1n) is 11.0. The molecule has 1 atom stereocenters. The Labute approximate surface area is 202 Å². The van der Waals surface area contributed by atoms with Crippen LogP contribution in [0.15, 0.2) is 42.5 Å². The Kier molecular flexibility index (Phi) is 6.77. The highest BCUT2D eigenvalue weighted by Gasteiger charge is 2.33. The number of hydrogen-bond donors (Lipinski definition) is 2. The number of methoxy groups -OCH3 is 1. The van der Waals surface area contributed by atoms with E-state index in [0.29, 0.717) is 25.1 Å². The predicted octanol–water partition coefficient (Wildman–Crippen LogP) is 4.26. The smallest absolute Gasteiger partial charge is 0.416 e. The van der Waals surface area contributed by atoms with Gasteiger partial charge >= 0.3 is 18.1 Å². The molecule has 1 aliphatic rings. The van der Waals surface area contributed by atoms with Gasteiger partial charge in [0.1, 0.15) is 6.04 Å². The van der Waals surface area contributed by atoms with E-state index in [1.807, 2.05) is 0 Å². The van der Waals surface area contributed by atoms with E-state index in [1.165, 1.54) is 29.2 Å². The number of carboxylic acid groups (broad SMARTS) is 1. The number of fused-ring (bicyclic) bond motifs is 1. The van der Waals surface area contributed by atoms with Crippen LogP contribution in [-0.2, 0) is 15.7 Å². The van der Waals surface area contributed by atoms with Gasteiger partial charge in [0.15, 0.2) is 11.5 Å². The Hall–Kier alpha value is -4.22. The standard InChI is InChI=1S/C24H21F3N4O5/c1-36-23(35)19-20(30-17-12-14(24(25,26)27)7-10-16(17)29-19)28-15-8-5-13(6-9-15)21(32)31-11-3-2-4-18(31)22(33)34/h5-10,12,18H,2-4,11H2,1H3,(H,28,30)(H,33,34). The van der Waals surface area contributed by atoms with E-state index >= 15 is 0 Å². The van der Waals surface area contributed by atoms with Gasteiger partial charge < -0.3 is 20.1 Å². The van der Waals surface area contributed by atoms with Crippen molar-refractivity contribution in [2.24, 2.45) is 0 Å². The van der Waals surface area contributed by atoms with Crippen molar-refractivity contribution in [2.45, 2.75) is 31.5 Å². The summed E-state index contributed by atoms with van der Waals surface area (Å²) in [5.41, 5.74) is -0.531. The van der Waals surface area contributed by atoms with Crippen molar-refractivity contribution in [3.8, 4) is 0 Å². The average molecular weight is 502 g/mol. The number of alkyl halides is 3. The molecule has 188 valence electrons. The summed E-state index contributed by atoms with van der Waals surface area (Å²) in [4.78, 5) is 46.3. The van der Waals surface area contributed by atoms with Crippen molar-refractivity contribution in [3.63, 3.8) is 0 Å². The van der Waals surface area contributed by atoms with Crippen LogP contribution >= 0.6 is 0 Å². The Morgan fingerprint density at radius 3 is 2.42 bits per heavy atom. The Morgan fingerprint density at radius 1 is 1.06 bits per heavy atom. The number of hydrogen-bond acceptors (Lipinski definition) is 7. The van der Waals surface area contributed by atoms with Crippen LogP contribution in [0.4, 0.5) is 24.7 Å². The van der Waals surface area contributed by atoms with Gasteiger partial charge in [0.25, 0.3) is 5.91 Å². The SMILES string of the molecule is COC(=O)c1nc2ccc(C(F)(F)F)cc2nc1Nc1ccc(C(=O)N2CCCCC2C(=O)O)cc1. The molecule has 12 heteroatoms. The normalized spacial score (nSPS) is 16.0. The number of amides is 1. The van der Waals surface area contributed by atoms with Crippen LogP contribution in [0.2, 0.25) is 0 Å². The second-order valence-corrected chi connectivity index (χ2v) is 8.16. The van der Waals surface area contributed by atoms with Gasteiger partial charge in [0.2, 0.25) is 0 Å². The lowest BCUT2D eigenvalue weighted by molar-refractivity contribution is -0.143. The van der Waals surface area contributed by atoms with E-state index < -0.39 is 35.6 Å². The topological polar surface area (TPSA) is 122 Å². The summed E-state index contributed by atoms with van der Waals surface area (Å²) >= 11 is 0. The number of aliphatic carboxylic acids is 1. The molecule has 1 aliphatic heterocycles. The van der Waals surface area contributed by atoms with Crippen LogP contribution in [0, 0.1) is 0 Å². The number of carboxylic acids is 1. The van der Waals surface area contributed by atoms with E-state index in [-0.39, 0.29) is 28.1 Å². The van der Waals surface area contributed by atoms with Gasteiger partial charge in [-0.25, -0.2) is 19.6 Å². The molecule has 2 aromatic carbocycles. The molecule has 1 fully saturated rings.